The van der Waals surface area contributed by atoms with Gasteiger partial charge in [-0.3, -0.25) is 19.3 Å². The largest absolute Gasteiger partial charge is 0.480 e. The molecule has 2 aromatic carbocycles. The number of hydrogen-bond acceptors (Lipinski definition) is 7. The molecule has 0 saturated carbocycles. The Balaban J connectivity index is 1.57. The molecule has 31 heavy (non-hydrogen) atoms. The van der Waals surface area contributed by atoms with Crippen LogP contribution in [0.5, 0.6) is 11.5 Å². The predicted octanol–water partition coefficient (Wildman–Crippen LogP) is 2.29. The first-order valence-electron chi connectivity index (χ1n) is 9.31. The topological polar surface area (TPSA) is 130 Å². The fourth-order valence-electron chi connectivity index (χ4n) is 2.98. The molecule has 0 aromatic heterocycles. The summed E-state index contributed by atoms with van der Waals surface area (Å²) in [4.78, 5) is 35.2. The van der Waals surface area contributed by atoms with Crippen molar-refractivity contribution in [1.29, 1.82) is 0 Å². The molecule has 3 rings (SSSR count). The van der Waals surface area contributed by atoms with Crippen molar-refractivity contribution in [3.05, 3.63) is 59.7 Å². The molecule has 4 N–H and O–H groups in total. The minimum atomic E-state index is -1.10. The summed E-state index contributed by atoms with van der Waals surface area (Å²) >= 11 is 6.32. The fourth-order valence-corrected chi connectivity index (χ4v) is 4.52. The van der Waals surface area contributed by atoms with E-state index in [1.807, 2.05) is 12.1 Å². The number of carboxylic acid groups (broad SMARTS) is 2. The van der Waals surface area contributed by atoms with Crippen molar-refractivity contribution < 1.29 is 29.3 Å². The molecule has 0 aliphatic carbocycles. The van der Waals surface area contributed by atoms with Crippen LogP contribution in [0.15, 0.2) is 48.5 Å². The number of nitrogens with zero attached hydrogens (tertiary/aromatic N) is 1. The first-order chi connectivity index (χ1) is 14.7. The highest BCUT2D eigenvalue weighted by Crippen LogP contribution is 2.30. The van der Waals surface area contributed by atoms with E-state index in [4.69, 9.17) is 32.9 Å². The molecule has 1 fully saturated rings. The number of amides is 1. The lowest BCUT2D eigenvalue weighted by Crippen LogP contribution is -2.36. The van der Waals surface area contributed by atoms with Gasteiger partial charge in [0, 0.05) is 0 Å². The van der Waals surface area contributed by atoms with E-state index < -0.39 is 29.8 Å². The van der Waals surface area contributed by atoms with Crippen LogP contribution in [-0.4, -0.2) is 55.1 Å². The Kier molecular flexibility index (Phi) is 7.26. The van der Waals surface area contributed by atoms with Crippen LogP contribution in [0.2, 0.25) is 0 Å². The van der Waals surface area contributed by atoms with Gasteiger partial charge in [0.05, 0.1) is 5.25 Å². The lowest BCUT2D eigenvalue weighted by Gasteiger charge is -2.12. The van der Waals surface area contributed by atoms with E-state index in [1.165, 1.54) is 11.8 Å². The zero-order valence-corrected chi connectivity index (χ0v) is 17.9. The molecule has 2 aromatic rings. The first kappa shape index (κ1) is 22.7. The quantitative estimate of drug-likeness (QED) is 0.483. The van der Waals surface area contributed by atoms with Gasteiger partial charge in [-0.15, -0.1) is 0 Å². The number of carbonyl (C=O) groups excluding carboxylic acids is 1. The summed E-state index contributed by atoms with van der Waals surface area (Å²) in [5.41, 5.74) is 7.24. The summed E-state index contributed by atoms with van der Waals surface area (Å²) in [6.45, 7) is -0.422. The standard InChI is InChI=1S/C21H20N2O6S2/c22-16(20(27)28)9-12-1-5-14(6-2-12)29-15-7-3-13(4-8-15)10-17-19(26)23(11-18(24)25)21(30)31-17/h1-8,16-17H,9-11,22H2,(H,24,25)(H,27,28). The summed E-state index contributed by atoms with van der Waals surface area (Å²) in [5, 5.41) is 17.3. The lowest BCUT2D eigenvalue weighted by molar-refractivity contribution is -0.141. The van der Waals surface area contributed by atoms with E-state index in [9.17, 15) is 14.4 Å². The Morgan fingerprint density at radius 1 is 1.06 bits per heavy atom. The number of rotatable bonds is 9. The summed E-state index contributed by atoms with van der Waals surface area (Å²) in [7, 11) is 0. The number of thioether (sulfide) groups is 1. The second-order valence-corrected chi connectivity index (χ2v) is 8.77. The number of aliphatic carboxylic acids is 2. The highest BCUT2D eigenvalue weighted by atomic mass is 32.2. The van der Waals surface area contributed by atoms with Gasteiger partial charge in [-0.25, -0.2) is 0 Å². The molecule has 162 valence electrons. The second-order valence-electron chi connectivity index (χ2n) is 6.93. The van der Waals surface area contributed by atoms with Crippen molar-refractivity contribution in [3.63, 3.8) is 0 Å². The monoisotopic (exact) mass is 460 g/mol. The highest BCUT2D eigenvalue weighted by Gasteiger charge is 2.37. The number of carbonyl (C=O) groups is 3. The molecule has 0 radical (unpaired) electrons. The molecule has 8 nitrogen and oxygen atoms in total. The van der Waals surface area contributed by atoms with Crippen molar-refractivity contribution in [2.75, 3.05) is 6.54 Å². The zero-order valence-electron chi connectivity index (χ0n) is 16.3. The Bertz CT molecular complexity index is 994. The van der Waals surface area contributed by atoms with Crippen LogP contribution >= 0.6 is 24.0 Å². The SMILES string of the molecule is NC(Cc1ccc(Oc2ccc(CC3SC(=S)N(CC(=O)O)C3=O)cc2)cc1)C(=O)O. The van der Waals surface area contributed by atoms with E-state index in [2.05, 4.69) is 0 Å². The maximum Gasteiger partial charge on any atom is 0.323 e. The fraction of sp³-hybridized carbons (Fsp3) is 0.238. The van der Waals surface area contributed by atoms with E-state index >= 15 is 0 Å². The predicted molar refractivity (Wildman–Crippen MR) is 119 cm³/mol. The zero-order chi connectivity index (χ0) is 22.5. The Hall–Kier alpha value is -2.95. The summed E-state index contributed by atoms with van der Waals surface area (Å²) < 4.78 is 6.08. The van der Waals surface area contributed by atoms with Crippen molar-refractivity contribution >= 4 is 46.1 Å². The van der Waals surface area contributed by atoms with Gasteiger partial charge in [-0.05, 0) is 48.2 Å². The van der Waals surface area contributed by atoms with Crippen LogP contribution in [0.1, 0.15) is 11.1 Å². The molecular weight excluding hydrogens is 440 g/mol. The summed E-state index contributed by atoms with van der Waals surface area (Å²) in [5.74, 6) is -1.24. The molecule has 0 spiro atoms. The van der Waals surface area contributed by atoms with Gasteiger partial charge in [0.15, 0.2) is 0 Å². The van der Waals surface area contributed by atoms with Crippen molar-refractivity contribution in [3.8, 4) is 11.5 Å². The molecule has 2 unspecified atom stereocenters. The molecule has 1 amide bonds. The Morgan fingerprint density at radius 3 is 2.13 bits per heavy atom. The van der Waals surface area contributed by atoms with Crippen LogP contribution in [-0.2, 0) is 27.2 Å². The summed E-state index contributed by atoms with van der Waals surface area (Å²) in [6, 6.07) is 13.3. The molecular formula is C21H20N2O6S2. The second kappa shape index (κ2) is 9.90. The molecule has 1 heterocycles. The average Bonchev–Trinajstić information content (AvgIpc) is 2.98. The van der Waals surface area contributed by atoms with Crippen LogP contribution in [0.25, 0.3) is 0 Å². The average molecular weight is 461 g/mol. The number of hydrogen-bond donors (Lipinski definition) is 3. The van der Waals surface area contributed by atoms with Crippen molar-refractivity contribution in [2.24, 2.45) is 5.73 Å². The Morgan fingerprint density at radius 2 is 1.61 bits per heavy atom. The van der Waals surface area contributed by atoms with Crippen LogP contribution < -0.4 is 10.5 Å². The number of carboxylic acids is 2. The smallest absolute Gasteiger partial charge is 0.323 e. The van der Waals surface area contributed by atoms with Gasteiger partial charge in [-0.1, -0.05) is 48.2 Å². The molecule has 2 atom stereocenters. The third kappa shape index (κ3) is 6.03. The number of thiocarbonyl (C=S) groups is 1. The van der Waals surface area contributed by atoms with Crippen LogP contribution in [0.4, 0.5) is 0 Å². The Labute approximate surface area is 188 Å². The first-order valence-corrected chi connectivity index (χ1v) is 10.6. The lowest BCUT2D eigenvalue weighted by atomic mass is 10.1. The highest BCUT2D eigenvalue weighted by molar-refractivity contribution is 8.24. The third-order valence-electron chi connectivity index (χ3n) is 4.57. The normalized spacial score (nSPS) is 16.9. The minimum Gasteiger partial charge on any atom is -0.480 e. The molecule has 1 aliphatic rings. The van der Waals surface area contributed by atoms with Gasteiger partial charge in [0.25, 0.3) is 0 Å². The molecule has 1 aliphatic heterocycles. The van der Waals surface area contributed by atoms with E-state index in [-0.39, 0.29) is 16.6 Å². The number of benzene rings is 2. The van der Waals surface area contributed by atoms with Gasteiger partial charge in [0.1, 0.15) is 28.4 Å². The van der Waals surface area contributed by atoms with E-state index in [0.29, 0.717) is 17.9 Å². The molecule has 10 heteroatoms. The van der Waals surface area contributed by atoms with Gasteiger partial charge < -0.3 is 20.7 Å². The maximum atomic E-state index is 12.4. The number of nitrogens with two attached hydrogens (primary N) is 1. The van der Waals surface area contributed by atoms with Crippen molar-refractivity contribution in [2.45, 2.75) is 24.1 Å². The third-order valence-corrected chi connectivity index (χ3v) is 6.16. The minimum absolute atomic E-state index is 0.232. The molecule has 0 bridgehead atoms. The summed E-state index contributed by atoms with van der Waals surface area (Å²) in [6.07, 6.45) is 0.661. The van der Waals surface area contributed by atoms with Gasteiger partial charge in [-0.2, -0.15) is 0 Å². The van der Waals surface area contributed by atoms with Crippen LogP contribution in [0, 0.1) is 0 Å². The van der Waals surface area contributed by atoms with Crippen LogP contribution in [0.3, 0.4) is 0 Å². The van der Waals surface area contributed by atoms with Gasteiger partial charge in [0.2, 0.25) is 5.91 Å². The van der Waals surface area contributed by atoms with E-state index in [1.54, 1.807) is 36.4 Å². The maximum absolute atomic E-state index is 12.4. The van der Waals surface area contributed by atoms with Crippen molar-refractivity contribution in [1.82, 2.24) is 4.90 Å². The van der Waals surface area contributed by atoms with Gasteiger partial charge >= 0.3 is 11.9 Å². The number of ether oxygens (including phenoxy) is 1. The van der Waals surface area contributed by atoms with E-state index in [0.717, 1.165) is 16.0 Å². The molecule has 1 saturated heterocycles.